The number of likely N-dealkylation sites (tertiary alicyclic amines) is 1. The van der Waals surface area contributed by atoms with Gasteiger partial charge in [-0.05, 0) is 0 Å². The fraction of sp³-hybridized carbons (Fsp3) is 0.857. The first-order valence-corrected chi connectivity index (χ1v) is 4.32. The number of rotatable bonds is 1. The van der Waals surface area contributed by atoms with Gasteiger partial charge in [-0.25, -0.2) is 0 Å². The molecule has 0 spiro atoms. The predicted molar refractivity (Wildman–Crippen MR) is 44.9 cm³/mol. The standard InChI is InChI=1S/C7H14NOP/c1-5(2)7(9)8-3-6(10)4-8/h5-6H,3-4,10H2,1-2H3. The Morgan fingerprint density at radius 2 is 2.10 bits per heavy atom. The third kappa shape index (κ3) is 1.49. The molecule has 1 heterocycles. The third-order valence-electron chi connectivity index (χ3n) is 1.72. The van der Waals surface area contributed by atoms with Crippen molar-refractivity contribution in [2.24, 2.45) is 5.92 Å². The number of carbonyl (C=O) groups is 1. The number of hydrogen-bond donors (Lipinski definition) is 0. The molecule has 1 aliphatic rings. The first-order chi connectivity index (χ1) is 4.61. The van der Waals surface area contributed by atoms with Crippen molar-refractivity contribution in [3.05, 3.63) is 0 Å². The van der Waals surface area contributed by atoms with Crippen LogP contribution in [0.2, 0.25) is 0 Å². The summed E-state index contributed by atoms with van der Waals surface area (Å²) in [7, 11) is 2.73. The molecule has 58 valence electrons. The van der Waals surface area contributed by atoms with Crippen LogP contribution in [0.3, 0.4) is 0 Å². The first kappa shape index (κ1) is 8.00. The van der Waals surface area contributed by atoms with Gasteiger partial charge in [0.1, 0.15) is 0 Å². The van der Waals surface area contributed by atoms with Gasteiger partial charge in [0.25, 0.3) is 0 Å². The molecule has 1 atom stereocenters. The zero-order chi connectivity index (χ0) is 7.72. The molecule has 1 saturated heterocycles. The van der Waals surface area contributed by atoms with E-state index in [0.29, 0.717) is 11.6 Å². The van der Waals surface area contributed by atoms with E-state index >= 15 is 0 Å². The minimum absolute atomic E-state index is 0.164. The zero-order valence-corrected chi connectivity index (χ0v) is 7.66. The van der Waals surface area contributed by atoms with Gasteiger partial charge in [0.05, 0.1) is 0 Å². The van der Waals surface area contributed by atoms with Crippen LogP contribution in [0, 0.1) is 5.92 Å². The second-order valence-electron chi connectivity index (χ2n) is 3.16. The fourth-order valence-corrected chi connectivity index (χ4v) is 1.57. The summed E-state index contributed by atoms with van der Waals surface area (Å²) in [5.74, 6) is 0.455. The van der Waals surface area contributed by atoms with Gasteiger partial charge in [-0.1, -0.05) is 13.8 Å². The van der Waals surface area contributed by atoms with E-state index < -0.39 is 0 Å². The summed E-state index contributed by atoms with van der Waals surface area (Å²) in [5.41, 5.74) is 0.641. The maximum Gasteiger partial charge on any atom is 0.225 e. The van der Waals surface area contributed by atoms with Gasteiger partial charge in [-0.2, -0.15) is 0 Å². The topological polar surface area (TPSA) is 20.3 Å². The summed E-state index contributed by atoms with van der Waals surface area (Å²) in [4.78, 5) is 13.1. The van der Waals surface area contributed by atoms with Crippen LogP contribution in [-0.4, -0.2) is 29.6 Å². The Morgan fingerprint density at radius 1 is 1.60 bits per heavy atom. The van der Waals surface area contributed by atoms with E-state index in [9.17, 15) is 4.79 Å². The Hall–Kier alpha value is -0.100. The number of hydrogen-bond acceptors (Lipinski definition) is 1. The Kier molecular flexibility index (Phi) is 2.30. The molecule has 3 heteroatoms. The summed E-state index contributed by atoms with van der Waals surface area (Å²) in [6.07, 6.45) is 0. The van der Waals surface area contributed by atoms with Crippen molar-refractivity contribution in [1.82, 2.24) is 4.90 Å². The lowest BCUT2D eigenvalue weighted by Gasteiger charge is -2.38. The molecule has 1 unspecified atom stereocenters. The summed E-state index contributed by atoms with van der Waals surface area (Å²) in [5, 5.41) is 0. The highest BCUT2D eigenvalue weighted by Crippen LogP contribution is 2.17. The van der Waals surface area contributed by atoms with Gasteiger partial charge in [-0.3, -0.25) is 4.79 Å². The molecule has 0 aromatic rings. The van der Waals surface area contributed by atoms with E-state index in [2.05, 4.69) is 9.24 Å². The average molecular weight is 159 g/mol. The van der Waals surface area contributed by atoms with E-state index in [1.165, 1.54) is 0 Å². The first-order valence-electron chi connectivity index (χ1n) is 3.65. The molecule has 0 aromatic carbocycles. The molecule has 0 aromatic heterocycles. The van der Waals surface area contributed by atoms with Crippen LogP contribution in [0.1, 0.15) is 13.8 Å². The van der Waals surface area contributed by atoms with Crippen molar-refractivity contribution in [1.29, 1.82) is 0 Å². The van der Waals surface area contributed by atoms with Crippen LogP contribution in [-0.2, 0) is 4.79 Å². The van der Waals surface area contributed by atoms with Gasteiger partial charge in [0, 0.05) is 24.7 Å². The maximum absolute atomic E-state index is 11.2. The van der Waals surface area contributed by atoms with Gasteiger partial charge in [-0.15, -0.1) is 9.24 Å². The van der Waals surface area contributed by atoms with Gasteiger partial charge < -0.3 is 4.90 Å². The molecule has 0 saturated carbocycles. The zero-order valence-electron chi connectivity index (χ0n) is 6.50. The Balaban J connectivity index is 2.31. The van der Waals surface area contributed by atoms with Gasteiger partial charge in [0.15, 0.2) is 0 Å². The number of nitrogens with zero attached hydrogens (tertiary/aromatic N) is 1. The monoisotopic (exact) mass is 159 g/mol. The van der Waals surface area contributed by atoms with Gasteiger partial charge in [0.2, 0.25) is 5.91 Å². The van der Waals surface area contributed by atoms with Crippen molar-refractivity contribution < 1.29 is 4.79 Å². The molecule has 0 aliphatic carbocycles. The lowest BCUT2D eigenvalue weighted by molar-refractivity contribution is -0.137. The SMILES string of the molecule is CC(C)C(=O)N1CC(P)C1. The van der Waals surface area contributed by atoms with E-state index in [4.69, 9.17) is 0 Å². The second kappa shape index (κ2) is 2.87. The van der Waals surface area contributed by atoms with Crippen LogP contribution in [0.25, 0.3) is 0 Å². The Morgan fingerprint density at radius 3 is 2.40 bits per heavy atom. The Labute approximate surface area is 64.2 Å². The molecule has 1 amide bonds. The molecule has 0 radical (unpaired) electrons. The lowest BCUT2D eigenvalue weighted by Crippen LogP contribution is -2.52. The predicted octanol–water partition coefficient (Wildman–Crippen LogP) is 0.728. The van der Waals surface area contributed by atoms with E-state index in [-0.39, 0.29) is 5.92 Å². The largest absolute Gasteiger partial charge is 0.341 e. The highest BCUT2D eigenvalue weighted by atomic mass is 31.0. The summed E-state index contributed by atoms with van der Waals surface area (Å²) >= 11 is 0. The molecule has 1 aliphatic heterocycles. The molecular formula is C7H14NOP. The van der Waals surface area contributed by atoms with Crippen LogP contribution in [0.4, 0.5) is 0 Å². The van der Waals surface area contributed by atoms with Crippen molar-refractivity contribution in [2.75, 3.05) is 13.1 Å². The minimum Gasteiger partial charge on any atom is -0.341 e. The second-order valence-corrected chi connectivity index (χ2v) is 4.10. The minimum atomic E-state index is 0.164. The summed E-state index contributed by atoms with van der Waals surface area (Å²) in [6, 6.07) is 0. The highest BCUT2D eigenvalue weighted by Gasteiger charge is 2.28. The third-order valence-corrected chi connectivity index (χ3v) is 2.14. The normalized spacial score (nSPS) is 19.4. The summed E-state index contributed by atoms with van der Waals surface area (Å²) < 4.78 is 0. The quantitative estimate of drug-likeness (QED) is 0.516. The summed E-state index contributed by atoms with van der Waals surface area (Å²) in [6.45, 7) is 5.75. The molecule has 1 fully saturated rings. The van der Waals surface area contributed by atoms with Crippen molar-refractivity contribution in [2.45, 2.75) is 19.5 Å². The number of carbonyl (C=O) groups excluding carboxylic acids is 1. The van der Waals surface area contributed by atoms with Crippen LogP contribution < -0.4 is 0 Å². The highest BCUT2D eigenvalue weighted by molar-refractivity contribution is 7.17. The molecule has 0 bridgehead atoms. The molecule has 0 N–H and O–H groups in total. The maximum atomic E-state index is 11.2. The molecule has 2 nitrogen and oxygen atoms in total. The van der Waals surface area contributed by atoms with E-state index in [0.717, 1.165) is 13.1 Å². The van der Waals surface area contributed by atoms with Crippen LogP contribution >= 0.6 is 9.24 Å². The number of amides is 1. The van der Waals surface area contributed by atoms with E-state index in [1.807, 2.05) is 18.7 Å². The lowest BCUT2D eigenvalue weighted by atomic mass is 10.1. The molecular weight excluding hydrogens is 145 g/mol. The van der Waals surface area contributed by atoms with Crippen molar-refractivity contribution >= 4 is 15.1 Å². The van der Waals surface area contributed by atoms with Crippen molar-refractivity contribution in [3.8, 4) is 0 Å². The Bertz CT molecular complexity index is 141. The van der Waals surface area contributed by atoms with Gasteiger partial charge >= 0.3 is 0 Å². The molecule has 10 heavy (non-hydrogen) atoms. The smallest absolute Gasteiger partial charge is 0.225 e. The molecule has 1 rings (SSSR count). The van der Waals surface area contributed by atoms with Crippen LogP contribution in [0.15, 0.2) is 0 Å². The fourth-order valence-electron chi connectivity index (χ4n) is 1.06. The van der Waals surface area contributed by atoms with E-state index in [1.54, 1.807) is 0 Å². The van der Waals surface area contributed by atoms with Crippen molar-refractivity contribution in [3.63, 3.8) is 0 Å². The average Bonchev–Trinajstić information content (AvgIpc) is 1.79. The van der Waals surface area contributed by atoms with Crippen LogP contribution in [0.5, 0.6) is 0 Å².